The summed E-state index contributed by atoms with van der Waals surface area (Å²) in [5.74, 6) is -0.704. The molecule has 0 fully saturated rings. The summed E-state index contributed by atoms with van der Waals surface area (Å²) in [6.45, 7) is 5.89. The van der Waals surface area contributed by atoms with Crippen molar-refractivity contribution in [3.05, 3.63) is 46.0 Å². The first-order valence-electron chi connectivity index (χ1n) is 6.61. The number of aryl methyl sites for hydroxylation is 1. The van der Waals surface area contributed by atoms with Crippen molar-refractivity contribution in [2.75, 3.05) is 6.61 Å². The van der Waals surface area contributed by atoms with Gasteiger partial charge in [-0.2, -0.15) is 0 Å². The molecule has 0 saturated carbocycles. The van der Waals surface area contributed by atoms with Crippen LogP contribution in [-0.4, -0.2) is 18.4 Å². The van der Waals surface area contributed by atoms with Crippen LogP contribution in [-0.2, 0) is 22.4 Å². The third kappa shape index (κ3) is 2.46. The summed E-state index contributed by atoms with van der Waals surface area (Å²) in [5, 5.41) is 0. The van der Waals surface area contributed by atoms with Crippen molar-refractivity contribution in [2.45, 2.75) is 33.6 Å². The van der Waals surface area contributed by atoms with Crippen molar-refractivity contribution >= 4 is 11.8 Å². The third-order valence-corrected chi connectivity index (χ3v) is 3.42. The molecule has 1 aromatic carbocycles. The van der Waals surface area contributed by atoms with E-state index in [9.17, 15) is 9.59 Å². The molecule has 19 heavy (non-hydrogen) atoms. The van der Waals surface area contributed by atoms with Crippen LogP contribution in [0.1, 0.15) is 42.3 Å². The zero-order valence-electron chi connectivity index (χ0n) is 11.6. The number of rotatable bonds is 3. The summed E-state index contributed by atoms with van der Waals surface area (Å²) >= 11 is 0. The van der Waals surface area contributed by atoms with Gasteiger partial charge in [-0.3, -0.25) is 4.79 Å². The summed E-state index contributed by atoms with van der Waals surface area (Å²) < 4.78 is 4.98. The second kappa shape index (κ2) is 5.39. The maximum Gasteiger partial charge on any atom is 0.342 e. The summed E-state index contributed by atoms with van der Waals surface area (Å²) in [6.07, 6.45) is 1.51. The largest absolute Gasteiger partial charge is 0.462 e. The molecule has 0 aliphatic heterocycles. The number of ketones is 1. The number of hydrogen-bond acceptors (Lipinski definition) is 3. The van der Waals surface area contributed by atoms with Crippen LogP contribution in [0, 0.1) is 0 Å². The molecular formula is C16H18O3. The van der Waals surface area contributed by atoms with E-state index in [2.05, 4.69) is 0 Å². The molecule has 1 aromatic rings. The highest BCUT2D eigenvalue weighted by Gasteiger charge is 2.29. The first-order valence-corrected chi connectivity index (χ1v) is 6.61. The summed E-state index contributed by atoms with van der Waals surface area (Å²) in [7, 11) is 0. The number of hydrogen-bond donors (Lipinski definition) is 0. The van der Waals surface area contributed by atoms with Crippen molar-refractivity contribution in [1.82, 2.24) is 0 Å². The van der Waals surface area contributed by atoms with E-state index in [1.54, 1.807) is 6.92 Å². The molecule has 2 rings (SSSR count). The molecule has 0 spiro atoms. The highest BCUT2D eigenvalue weighted by Crippen LogP contribution is 2.27. The van der Waals surface area contributed by atoms with E-state index >= 15 is 0 Å². The highest BCUT2D eigenvalue weighted by atomic mass is 16.5. The topological polar surface area (TPSA) is 43.4 Å². The molecule has 0 N–H and O–H groups in total. The number of carbonyl (C=O) groups excluding carboxylic acids is 2. The van der Waals surface area contributed by atoms with Crippen LogP contribution in [0.2, 0.25) is 0 Å². The second-order valence-corrected chi connectivity index (χ2v) is 4.73. The quantitative estimate of drug-likeness (QED) is 0.618. The molecule has 0 unspecified atom stereocenters. The lowest BCUT2D eigenvalue weighted by Crippen LogP contribution is -2.23. The highest BCUT2D eigenvalue weighted by molar-refractivity contribution is 6.26. The van der Waals surface area contributed by atoms with E-state index in [1.165, 1.54) is 0 Å². The molecule has 0 saturated heterocycles. The van der Waals surface area contributed by atoms with E-state index < -0.39 is 5.97 Å². The van der Waals surface area contributed by atoms with Crippen LogP contribution < -0.4 is 0 Å². The standard InChI is InChI=1S/C16H18O3/c1-4-11-6-7-12-8-10(3)14(16(18)19-5-2)15(17)13(12)9-11/h6-7,9H,4-5,8H2,1-3H3. The Bertz CT molecular complexity index is 567. The molecule has 1 aliphatic carbocycles. The summed E-state index contributed by atoms with van der Waals surface area (Å²) in [4.78, 5) is 24.3. The molecule has 100 valence electrons. The van der Waals surface area contributed by atoms with E-state index in [0.29, 0.717) is 12.0 Å². The molecule has 0 amide bonds. The number of esters is 1. The van der Waals surface area contributed by atoms with Crippen molar-refractivity contribution in [3.8, 4) is 0 Å². The van der Waals surface area contributed by atoms with Gasteiger partial charge in [0.25, 0.3) is 0 Å². The van der Waals surface area contributed by atoms with Crippen LogP contribution in [0.15, 0.2) is 29.3 Å². The lowest BCUT2D eigenvalue weighted by atomic mass is 9.84. The van der Waals surface area contributed by atoms with Crippen molar-refractivity contribution < 1.29 is 14.3 Å². The van der Waals surface area contributed by atoms with Crippen LogP contribution in [0.3, 0.4) is 0 Å². The molecule has 0 bridgehead atoms. The lowest BCUT2D eigenvalue weighted by Gasteiger charge is -2.19. The first kappa shape index (κ1) is 13.5. The Morgan fingerprint density at radius 1 is 1.32 bits per heavy atom. The van der Waals surface area contributed by atoms with Gasteiger partial charge in [0.05, 0.1) is 6.61 Å². The molecule has 1 aliphatic rings. The van der Waals surface area contributed by atoms with E-state index in [-0.39, 0.29) is 18.0 Å². The van der Waals surface area contributed by atoms with Crippen molar-refractivity contribution in [1.29, 1.82) is 0 Å². The molecule has 0 atom stereocenters. The Labute approximate surface area is 113 Å². The minimum atomic E-state index is -0.502. The van der Waals surface area contributed by atoms with Gasteiger partial charge in [-0.1, -0.05) is 24.6 Å². The summed E-state index contributed by atoms with van der Waals surface area (Å²) in [6, 6.07) is 5.91. The summed E-state index contributed by atoms with van der Waals surface area (Å²) in [5.41, 5.74) is 3.75. The van der Waals surface area contributed by atoms with Gasteiger partial charge in [-0.05, 0) is 43.9 Å². The Kier molecular flexibility index (Phi) is 3.84. The van der Waals surface area contributed by atoms with Gasteiger partial charge in [-0.15, -0.1) is 0 Å². The third-order valence-electron chi connectivity index (χ3n) is 3.42. The fraction of sp³-hybridized carbons (Fsp3) is 0.375. The van der Waals surface area contributed by atoms with Gasteiger partial charge in [0.1, 0.15) is 5.57 Å². The SMILES string of the molecule is CCOC(=O)C1=C(C)Cc2ccc(CC)cc2C1=O. The lowest BCUT2D eigenvalue weighted by molar-refractivity contribution is -0.138. The van der Waals surface area contributed by atoms with Crippen LogP contribution in [0.25, 0.3) is 0 Å². The average Bonchev–Trinajstić information content (AvgIpc) is 2.38. The fourth-order valence-corrected chi connectivity index (χ4v) is 2.38. The number of fused-ring (bicyclic) bond motifs is 1. The number of benzene rings is 1. The number of ether oxygens (including phenoxy) is 1. The first-order chi connectivity index (χ1) is 9.08. The van der Waals surface area contributed by atoms with Gasteiger partial charge in [0.15, 0.2) is 0 Å². The van der Waals surface area contributed by atoms with E-state index in [1.807, 2.05) is 32.0 Å². The van der Waals surface area contributed by atoms with Gasteiger partial charge >= 0.3 is 5.97 Å². The minimum Gasteiger partial charge on any atom is -0.462 e. The normalized spacial score (nSPS) is 14.4. The van der Waals surface area contributed by atoms with Gasteiger partial charge in [0, 0.05) is 5.56 Å². The number of carbonyl (C=O) groups is 2. The molecule has 3 nitrogen and oxygen atoms in total. The van der Waals surface area contributed by atoms with Crippen LogP contribution in [0.5, 0.6) is 0 Å². The van der Waals surface area contributed by atoms with Crippen LogP contribution >= 0.6 is 0 Å². The maximum absolute atomic E-state index is 12.5. The average molecular weight is 258 g/mol. The number of Topliss-reactive ketones (excluding diaryl/α,β-unsaturated/α-hetero) is 1. The zero-order chi connectivity index (χ0) is 14.0. The molecule has 3 heteroatoms. The van der Waals surface area contributed by atoms with Crippen molar-refractivity contribution in [3.63, 3.8) is 0 Å². The number of allylic oxidation sites excluding steroid dienone is 1. The Morgan fingerprint density at radius 3 is 2.68 bits per heavy atom. The second-order valence-electron chi connectivity index (χ2n) is 4.73. The zero-order valence-corrected chi connectivity index (χ0v) is 11.6. The smallest absolute Gasteiger partial charge is 0.342 e. The van der Waals surface area contributed by atoms with Gasteiger partial charge in [-0.25, -0.2) is 4.79 Å². The molecule has 0 radical (unpaired) electrons. The molecular weight excluding hydrogens is 240 g/mol. The molecule has 0 heterocycles. The van der Waals surface area contributed by atoms with Gasteiger partial charge in [0.2, 0.25) is 5.78 Å². The predicted molar refractivity (Wildman–Crippen MR) is 73.2 cm³/mol. The Hall–Kier alpha value is -1.90. The molecule has 0 aromatic heterocycles. The minimum absolute atomic E-state index is 0.201. The van der Waals surface area contributed by atoms with Crippen molar-refractivity contribution in [2.24, 2.45) is 0 Å². The fourth-order valence-electron chi connectivity index (χ4n) is 2.38. The van der Waals surface area contributed by atoms with Crippen LogP contribution in [0.4, 0.5) is 0 Å². The van der Waals surface area contributed by atoms with Gasteiger partial charge < -0.3 is 4.74 Å². The van der Waals surface area contributed by atoms with E-state index in [4.69, 9.17) is 4.74 Å². The monoisotopic (exact) mass is 258 g/mol. The predicted octanol–water partition coefficient (Wildman–Crippen LogP) is 2.87. The maximum atomic E-state index is 12.5. The Balaban J connectivity index is 2.44. The van der Waals surface area contributed by atoms with E-state index in [0.717, 1.165) is 23.1 Å². The Morgan fingerprint density at radius 2 is 2.05 bits per heavy atom.